The van der Waals surface area contributed by atoms with Gasteiger partial charge in [0.25, 0.3) is 5.56 Å². The molecule has 152 valence electrons. The maximum atomic E-state index is 12.6. The van der Waals surface area contributed by atoms with Crippen LogP contribution in [0.15, 0.2) is 94.5 Å². The Morgan fingerprint density at radius 1 is 0.903 bits per heavy atom. The van der Waals surface area contributed by atoms with Gasteiger partial charge in [0.2, 0.25) is 5.88 Å². The predicted molar refractivity (Wildman–Crippen MR) is 119 cm³/mol. The van der Waals surface area contributed by atoms with E-state index in [-0.39, 0.29) is 5.56 Å². The van der Waals surface area contributed by atoms with Gasteiger partial charge in [-0.3, -0.25) is 9.78 Å². The first kappa shape index (κ1) is 18.8. The molecule has 3 aromatic heterocycles. The highest BCUT2D eigenvalue weighted by molar-refractivity contribution is 5.79. The number of fused-ring (bicyclic) bond motifs is 1. The fourth-order valence-electron chi connectivity index (χ4n) is 3.49. The van der Waals surface area contributed by atoms with Crippen molar-refractivity contribution >= 4 is 10.9 Å². The minimum absolute atomic E-state index is 0.184. The summed E-state index contributed by atoms with van der Waals surface area (Å²) in [6, 6.07) is 23.2. The Kier molecular flexibility index (Phi) is 4.80. The average Bonchev–Trinajstić information content (AvgIpc) is 3.12. The van der Waals surface area contributed by atoms with E-state index in [1.54, 1.807) is 31.6 Å². The van der Waals surface area contributed by atoms with Gasteiger partial charge in [0.1, 0.15) is 6.61 Å². The van der Waals surface area contributed by atoms with E-state index in [1.165, 1.54) is 4.74 Å². The number of rotatable bonds is 5. The highest BCUT2D eigenvalue weighted by atomic mass is 16.5. The zero-order valence-corrected chi connectivity index (χ0v) is 16.9. The van der Waals surface area contributed by atoms with Crippen molar-refractivity contribution in [2.45, 2.75) is 6.61 Å². The molecule has 0 unspecified atom stereocenters. The van der Waals surface area contributed by atoms with Crippen LogP contribution in [0, 0.1) is 0 Å². The van der Waals surface area contributed by atoms with Gasteiger partial charge < -0.3 is 9.26 Å². The topological polar surface area (TPSA) is 70.2 Å². The van der Waals surface area contributed by atoms with Crippen molar-refractivity contribution < 1.29 is 9.26 Å². The number of para-hydroxylation sites is 1. The lowest BCUT2D eigenvalue weighted by atomic mass is 10.0. The Balaban J connectivity index is 1.38. The molecule has 0 aliphatic heterocycles. The van der Waals surface area contributed by atoms with E-state index in [0.29, 0.717) is 23.8 Å². The number of benzene rings is 2. The quantitative estimate of drug-likeness (QED) is 0.416. The maximum absolute atomic E-state index is 12.6. The molecule has 0 aliphatic carbocycles. The Labute approximate surface area is 178 Å². The molecule has 6 nitrogen and oxygen atoms in total. The molecule has 0 fully saturated rings. The fraction of sp³-hybridized carbons (Fsp3) is 0.0800. The van der Waals surface area contributed by atoms with Crippen molar-refractivity contribution in [1.29, 1.82) is 0 Å². The summed E-state index contributed by atoms with van der Waals surface area (Å²) in [4.78, 5) is 21.2. The molecule has 31 heavy (non-hydrogen) atoms. The molecule has 6 heteroatoms. The minimum Gasteiger partial charge on any atom is -0.473 e. The summed E-state index contributed by atoms with van der Waals surface area (Å²) < 4.78 is 12.8. The molecule has 5 rings (SSSR count). The van der Waals surface area contributed by atoms with E-state index in [1.807, 2.05) is 60.7 Å². The lowest BCUT2D eigenvalue weighted by Gasteiger charge is -2.07. The predicted octanol–water partition coefficient (Wildman–Crippen LogP) is 4.83. The van der Waals surface area contributed by atoms with Gasteiger partial charge in [-0.1, -0.05) is 42.5 Å². The number of aryl methyl sites for hydroxylation is 1. The van der Waals surface area contributed by atoms with Crippen LogP contribution in [0.2, 0.25) is 0 Å². The lowest BCUT2D eigenvalue weighted by molar-refractivity contribution is 0.295. The molecule has 2 aromatic carbocycles. The van der Waals surface area contributed by atoms with Gasteiger partial charge in [-0.25, -0.2) is 4.98 Å². The van der Waals surface area contributed by atoms with Crippen LogP contribution in [0.1, 0.15) is 5.56 Å². The van der Waals surface area contributed by atoms with Crippen LogP contribution in [-0.4, -0.2) is 14.7 Å². The average molecular weight is 409 g/mol. The van der Waals surface area contributed by atoms with Crippen molar-refractivity contribution in [2.24, 2.45) is 7.05 Å². The van der Waals surface area contributed by atoms with Crippen molar-refractivity contribution in [3.05, 3.63) is 101 Å². The van der Waals surface area contributed by atoms with Crippen molar-refractivity contribution in [3.8, 4) is 28.3 Å². The molecular formula is C25H19N3O3. The normalized spacial score (nSPS) is 11.0. The first-order valence-electron chi connectivity index (χ1n) is 9.88. The molecule has 0 aliphatic rings. The third kappa shape index (κ3) is 3.71. The number of hydrogen-bond acceptors (Lipinski definition) is 5. The standard InChI is InChI=1S/C25H19N3O3/c1-28-25(29)23(19-12-14-26-15-13-19)24(31-28)20-8-6-17(7-9-20)16-30-22-11-10-18-4-2-3-5-21(18)27-22/h2-15H,16H2,1H3. The highest BCUT2D eigenvalue weighted by Gasteiger charge is 2.18. The molecular weight excluding hydrogens is 390 g/mol. The van der Waals surface area contributed by atoms with Crippen molar-refractivity contribution in [1.82, 2.24) is 14.7 Å². The summed E-state index contributed by atoms with van der Waals surface area (Å²) in [6.45, 7) is 0.390. The van der Waals surface area contributed by atoms with Gasteiger partial charge in [-0.05, 0) is 35.4 Å². The van der Waals surface area contributed by atoms with Gasteiger partial charge >= 0.3 is 0 Å². The second kappa shape index (κ2) is 7.91. The number of ether oxygens (including phenoxy) is 1. The van der Waals surface area contributed by atoms with Crippen LogP contribution >= 0.6 is 0 Å². The van der Waals surface area contributed by atoms with Gasteiger partial charge in [0, 0.05) is 36.5 Å². The fourth-order valence-corrected chi connectivity index (χ4v) is 3.49. The summed E-state index contributed by atoms with van der Waals surface area (Å²) in [5.41, 5.74) is 3.82. The van der Waals surface area contributed by atoms with Gasteiger partial charge in [-0.2, -0.15) is 4.74 Å². The monoisotopic (exact) mass is 409 g/mol. The largest absolute Gasteiger partial charge is 0.473 e. The zero-order chi connectivity index (χ0) is 21.2. The van der Waals surface area contributed by atoms with E-state index in [2.05, 4.69) is 9.97 Å². The molecule has 0 saturated carbocycles. The third-order valence-corrected chi connectivity index (χ3v) is 5.10. The molecule has 5 aromatic rings. The third-order valence-electron chi connectivity index (χ3n) is 5.10. The van der Waals surface area contributed by atoms with E-state index < -0.39 is 0 Å². The number of hydrogen-bond donors (Lipinski definition) is 0. The van der Waals surface area contributed by atoms with Crippen LogP contribution in [0.4, 0.5) is 0 Å². The summed E-state index contributed by atoms with van der Waals surface area (Å²) in [5.74, 6) is 1.11. The van der Waals surface area contributed by atoms with Crippen LogP contribution in [-0.2, 0) is 13.7 Å². The molecule has 0 spiro atoms. The van der Waals surface area contributed by atoms with Gasteiger partial charge in [-0.15, -0.1) is 0 Å². The van der Waals surface area contributed by atoms with Crippen molar-refractivity contribution in [3.63, 3.8) is 0 Å². The molecule has 3 heterocycles. The minimum atomic E-state index is -0.184. The number of nitrogens with zero attached hydrogens (tertiary/aromatic N) is 3. The molecule has 0 bridgehead atoms. The van der Waals surface area contributed by atoms with E-state index in [0.717, 1.165) is 27.6 Å². The molecule has 0 atom stereocenters. The van der Waals surface area contributed by atoms with Crippen LogP contribution < -0.4 is 10.3 Å². The van der Waals surface area contributed by atoms with Crippen LogP contribution in [0.3, 0.4) is 0 Å². The second-order valence-electron chi connectivity index (χ2n) is 7.16. The Morgan fingerprint density at radius 3 is 2.48 bits per heavy atom. The summed E-state index contributed by atoms with van der Waals surface area (Å²) in [6.07, 6.45) is 3.32. The van der Waals surface area contributed by atoms with E-state index in [9.17, 15) is 4.79 Å². The number of pyridine rings is 2. The Morgan fingerprint density at radius 2 is 1.68 bits per heavy atom. The Hall–Kier alpha value is -4.19. The second-order valence-corrected chi connectivity index (χ2v) is 7.16. The van der Waals surface area contributed by atoms with E-state index >= 15 is 0 Å². The molecule has 0 radical (unpaired) electrons. The summed E-state index contributed by atoms with van der Waals surface area (Å²) >= 11 is 0. The van der Waals surface area contributed by atoms with Gasteiger partial charge in [0.15, 0.2) is 5.76 Å². The smallest absolute Gasteiger partial charge is 0.290 e. The van der Waals surface area contributed by atoms with E-state index in [4.69, 9.17) is 9.26 Å². The lowest BCUT2D eigenvalue weighted by Crippen LogP contribution is -2.11. The van der Waals surface area contributed by atoms with Crippen molar-refractivity contribution in [2.75, 3.05) is 0 Å². The van der Waals surface area contributed by atoms with Crippen LogP contribution in [0.25, 0.3) is 33.4 Å². The molecule has 0 saturated heterocycles. The summed E-state index contributed by atoms with van der Waals surface area (Å²) in [5, 5.41) is 1.08. The first-order valence-corrected chi connectivity index (χ1v) is 9.88. The van der Waals surface area contributed by atoms with Crippen LogP contribution in [0.5, 0.6) is 5.88 Å². The first-order chi connectivity index (χ1) is 15.2. The maximum Gasteiger partial charge on any atom is 0.290 e. The van der Waals surface area contributed by atoms with Gasteiger partial charge in [0.05, 0.1) is 11.1 Å². The molecule has 0 amide bonds. The Bertz CT molecular complexity index is 1400. The molecule has 0 N–H and O–H groups in total. The highest BCUT2D eigenvalue weighted by Crippen LogP contribution is 2.30. The summed E-state index contributed by atoms with van der Waals surface area (Å²) in [7, 11) is 1.61. The SMILES string of the molecule is Cn1oc(-c2ccc(COc3ccc4ccccc4n3)cc2)c(-c2ccncc2)c1=O. The zero-order valence-electron chi connectivity index (χ0n) is 16.9. The number of aromatic nitrogens is 3.